The van der Waals surface area contributed by atoms with Crippen molar-refractivity contribution in [3.63, 3.8) is 0 Å². The zero-order chi connectivity index (χ0) is 17.6. The van der Waals surface area contributed by atoms with Crippen LogP contribution in [-0.4, -0.2) is 23.6 Å². The van der Waals surface area contributed by atoms with Gasteiger partial charge < -0.3 is 5.11 Å². The second-order valence-electron chi connectivity index (χ2n) is 4.26. The molecule has 0 saturated carbocycles. The quantitative estimate of drug-likeness (QED) is 0.675. The molecule has 22 heavy (non-hydrogen) atoms. The first-order valence-electron chi connectivity index (χ1n) is 5.30. The normalized spacial score (nSPS) is 15.8. The Labute approximate surface area is 125 Å². The molecule has 1 aromatic carbocycles. The van der Waals surface area contributed by atoms with E-state index in [0.29, 0.717) is 12.1 Å². The van der Waals surface area contributed by atoms with Gasteiger partial charge in [-0.25, -0.2) is 0 Å². The highest BCUT2D eigenvalue weighted by molar-refractivity contribution is 9.10. The number of benzene rings is 1. The Bertz CT molecular complexity index is 478. The number of halogens is 10. The Hall–Kier alpha value is -0.970. The summed E-state index contributed by atoms with van der Waals surface area (Å²) in [5, 5.41) is 9.35. The highest BCUT2D eigenvalue weighted by atomic mass is 79.9. The Morgan fingerprint density at radius 3 is 1.32 bits per heavy atom. The van der Waals surface area contributed by atoms with E-state index in [0.717, 1.165) is 12.1 Å². The Balaban J connectivity index is 3.66. The third-order valence-corrected chi connectivity index (χ3v) is 3.47. The van der Waals surface area contributed by atoms with Crippen LogP contribution in [0.5, 0.6) is 0 Å². The van der Waals surface area contributed by atoms with Gasteiger partial charge in [0.05, 0.1) is 0 Å². The van der Waals surface area contributed by atoms with E-state index >= 15 is 0 Å². The van der Waals surface area contributed by atoms with Crippen molar-refractivity contribution in [1.82, 2.24) is 0 Å². The molecule has 0 aliphatic rings. The van der Waals surface area contributed by atoms with Crippen LogP contribution in [0.3, 0.4) is 0 Å². The first-order chi connectivity index (χ1) is 9.66. The molecule has 0 saturated heterocycles. The van der Waals surface area contributed by atoms with E-state index in [1.165, 1.54) is 0 Å². The first kappa shape index (κ1) is 19.1. The largest absolute Gasteiger partial charge is 0.415 e. The SMILES string of the molecule is OC(c1ccc(Br)cc1)C(C(F)(F)F)(C(F)(F)F)C(F)(F)F. The van der Waals surface area contributed by atoms with Gasteiger partial charge in [-0.15, -0.1) is 0 Å². The zero-order valence-electron chi connectivity index (χ0n) is 10.1. The molecule has 126 valence electrons. The van der Waals surface area contributed by atoms with Gasteiger partial charge in [-0.3, -0.25) is 0 Å². The van der Waals surface area contributed by atoms with Crippen molar-refractivity contribution in [3.8, 4) is 0 Å². The fraction of sp³-hybridized carbons (Fsp3) is 0.455. The molecule has 0 fully saturated rings. The number of rotatable bonds is 2. The lowest BCUT2D eigenvalue weighted by Gasteiger charge is -2.41. The maximum Gasteiger partial charge on any atom is 0.415 e. The van der Waals surface area contributed by atoms with Gasteiger partial charge in [-0.05, 0) is 17.7 Å². The molecular weight excluding hydrogens is 399 g/mol. The molecule has 11 heteroatoms. The second kappa shape index (κ2) is 5.59. The first-order valence-corrected chi connectivity index (χ1v) is 6.09. The number of hydrogen-bond acceptors (Lipinski definition) is 1. The predicted molar refractivity (Wildman–Crippen MR) is 59.7 cm³/mol. The average molecular weight is 405 g/mol. The molecule has 1 atom stereocenters. The fourth-order valence-electron chi connectivity index (χ4n) is 1.84. The fourth-order valence-corrected chi connectivity index (χ4v) is 2.11. The molecule has 0 heterocycles. The molecule has 0 spiro atoms. The van der Waals surface area contributed by atoms with Crippen LogP contribution in [0, 0.1) is 5.41 Å². The minimum Gasteiger partial charge on any atom is -0.387 e. The molecule has 0 aliphatic carbocycles. The van der Waals surface area contributed by atoms with Gasteiger partial charge in [-0.2, -0.15) is 39.5 Å². The number of alkyl halides is 9. The minimum atomic E-state index is -6.81. The third kappa shape index (κ3) is 2.92. The zero-order valence-corrected chi connectivity index (χ0v) is 11.7. The summed E-state index contributed by atoms with van der Waals surface area (Å²) < 4.78 is 115. The maximum atomic E-state index is 12.8. The van der Waals surface area contributed by atoms with Crippen molar-refractivity contribution >= 4 is 15.9 Å². The lowest BCUT2D eigenvalue weighted by atomic mass is 9.76. The Morgan fingerprint density at radius 1 is 0.727 bits per heavy atom. The van der Waals surface area contributed by atoms with Gasteiger partial charge >= 0.3 is 18.5 Å². The lowest BCUT2D eigenvalue weighted by Crippen LogP contribution is -2.62. The van der Waals surface area contributed by atoms with Crippen LogP contribution >= 0.6 is 15.9 Å². The summed E-state index contributed by atoms with van der Waals surface area (Å²) >= 11 is 2.82. The summed E-state index contributed by atoms with van der Waals surface area (Å²) in [4.78, 5) is 0. The summed E-state index contributed by atoms with van der Waals surface area (Å²) in [6.45, 7) is 0. The summed E-state index contributed by atoms with van der Waals surface area (Å²) in [6, 6.07) is 2.89. The molecule has 1 rings (SSSR count). The molecule has 0 aromatic heterocycles. The van der Waals surface area contributed by atoms with Gasteiger partial charge in [0.1, 0.15) is 6.10 Å². The highest BCUT2D eigenvalue weighted by Gasteiger charge is 2.86. The molecule has 1 nitrogen and oxygen atoms in total. The van der Waals surface area contributed by atoms with E-state index in [4.69, 9.17) is 0 Å². The van der Waals surface area contributed by atoms with Gasteiger partial charge in [0.15, 0.2) is 0 Å². The van der Waals surface area contributed by atoms with E-state index in [1.54, 1.807) is 0 Å². The molecule has 0 amide bonds. The van der Waals surface area contributed by atoms with Crippen LogP contribution in [0.4, 0.5) is 39.5 Å². The molecule has 1 N–H and O–H groups in total. The molecule has 0 radical (unpaired) electrons. The predicted octanol–water partition coefficient (Wildman–Crippen LogP) is 5.16. The summed E-state index contributed by atoms with van der Waals surface area (Å²) in [7, 11) is 0. The minimum absolute atomic E-state index is 0.195. The lowest BCUT2D eigenvalue weighted by molar-refractivity contribution is -0.449. The number of aliphatic hydroxyl groups is 1. The van der Waals surface area contributed by atoms with Gasteiger partial charge in [0.2, 0.25) is 0 Å². The van der Waals surface area contributed by atoms with Crippen molar-refractivity contribution in [3.05, 3.63) is 34.3 Å². The van der Waals surface area contributed by atoms with Crippen molar-refractivity contribution in [2.75, 3.05) is 0 Å². The van der Waals surface area contributed by atoms with Crippen LogP contribution in [0.2, 0.25) is 0 Å². The maximum absolute atomic E-state index is 12.8. The van der Waals surface area contributed by atoms with E-state index < -0.39 is 35.6 Å². The monoisotopic (exact) mass is 404 g/mol. The Morgan fingerprint density at radius 2 is 1.05 bits per heavy atom. The topological polar surface area (TPSA) is 20.2 Å². The van der Waals surface area contributed by atoms with Gasteiger partial charge in [0, 0.05) is 4.47 Å². The standard InChI is InChI=1S/C11H6BrF9O/c12-6-3-1-5(2-4-6)7(22)8(9(13,14)15,10(16,17)18)11(19,20)21/h1-4,7,22H. The Kier molecular flexibility index (Phi) is 4.85. The van der Waals surface area contributed by atoms with Crippen LogP contribution in [-0.2, 0) is 0 Å². The van der Waals surface area contributed by atoms with E-state index in [-0.39, 0.29) is 4.47 Å². The second-order valence-corrected chi connectivity index (χ2v) is 5.17. The summed E-state index contributed by atoms with van der Waals surface area (Å²) in [5.74, 6) is 0. The summed E-state index contributed by atoms with van der Waals surface area (Å²) in [5.41, 5.74) is -7.46. The van der Waals surface area contributed by atoms with Gasteiger partial charge in [0.25, 0.3) is 5.41 Å². The number of aliphatic hydroxyl groups excluding tert-OH is 1. The van der Waals surface area contributed by atoms with Crippen LogP contribution in [0.15, 0.2) is 28.7 Å². The number of hydrogen-bond donors (Lipinski definition) is 1. The third-order valence-electron chi connectivity index (χ3n) is 2.94. The highest BCUT2D eigenvalue weighted by Crippen LogP contribution is 2.64. The molecular formula is C11H6BrF9O. The molecule has 1 unspecified atom stereocenters. The summed E-state index contributed by atoms with van der Waals surface area (Å²) in [6.07, 6.45) is -24.3. The van der Waals surface area contributed by atoms with Crippen LogP contribution in [0.25, 0.3) is 0 Å². The molecule has 1 aromatic rings. The van der Waals surface area contributed by atoms with E-state index in [2.05, 4.69) is 15.9 Å². The van der Waals surface area contributed by atoms with Crippen LogP contribution in [0.1, 0.15) is 11.7 Å². The van der Waals surface area contributed by atoms with E-state index in [9.17, 15) is 44.6 Å². The van der Waals surface area contributed by atoms with Gasteiger partial charge in [-0.1, -0.05) is 28.1 Å². The average Bonchev–Trinajstić information content (AvgIpc) is 2.23. The van der Waals surface area contributed by atoms with Crippen molar-refractivity contribution in [2.24, 2.45) is 5.41 Å². The van der Waals surface area contributed by atoms with Crippen LogP contribution < -0.4 is 0 Å². The van der Waals surface area contributed by atoms with Crippen molar-refractivity contribution in [2.45, 2.75) is 24.6 Å². The van der Waals surface area contributed by atoms with E-state index in [1.807, 2.05) is 0 Å². The molecule has 0 aliphatic heterocycles. The molecule has 0 bridgehead atoms. The van der Waals surface area contributed by atoms with Crippen molar-refractivity contribution in [1.29, 1.82) is 0 Å². The smallest absolute Gasteiger partial charge is 0.387 e. The van der Waals surface area contributed by atoms with Crippen molar-refractivity contribution < 1.29 is 44.6 Å².